The van der Waals surface area contributed by atoms with Gasteiger partial charge in [0.25, 0.3) is 5.69 Å². The summed E-state index contributed by atoms with van der Waals surface area (Å²) < 4.78 is 39.1. The SMILES string of the molecule is Cc1c(F)cc(S(=O)(=O)N(C)C(C)CN)cc1[N+](=O)[O-].Cl. The summed E-state index contributed by atoms with van der Waals surface area (Å²) in [6.45, 7) is 2.87. The van der Waals surface area contributed by atoms with Gasteiger partial charge in [0.05, 0.1) is 15.4 Å². The first-order chi connectivity index (χ1) is 9.12. The first-order valence-corrected chi connectivity index (χ1v) is 7.19. The number of rotatable bonds is 5. The zero-order chi connectivity index (χ0) is 15.7. The van der Waals surface area contributed by atoms with Gasteiger partial charge in [0, 0.05) is 25.7 Å². The van der Waals surface area contributed by atoms with Gasteiger partial charge >= 0.3 is 0 Å². The van der Waals surface area contributed by atoms with E-state index >= 15 is 0 Å². The highest BCUT2D eigenvalue weighted by molar-refractivity contribution is 7.89. The molecule has 10 heteroatoms. The molecule has 0 aromatic heterocycles. The molecular weight excluding hydrogens is 325 g/mol. The van der Waals surface area contributed by atoms with Gasteiger partial charge in [-0.3, -0.25) is 10.1 Å². The number of hydrogen-bond donors (Lipinski definition) is 1. The van der Waals surface area contributed by atoms with E-state index in [1.54, 1.807) is 6.92 Å². The standard InChI is InChI=1S/C11H16FN3O4S.ClH/c1-7(6-13)14(3)20(18,19)9-4-10(12)8(2)11(5-9)15(16)17;/h4-5,7H,6,13H2,1-3H3;1H. The van der Waals surface area contributed by atoms with Crippen LogP contribution < -0.4 is 5.73 Å². The van der Waals surface area contributed by atoms with Crippen LogP contribution in [0.4, 0.5) is 10.1 Å². The zero-order valence-corrected chi connectivity index (χ0v) is 13.4. The van der Waals surface area contributed by atoms with Crippen molar-refractivity contribution in [2.24, 2.45) is 5.73 Å². The summed E-state index contributed by atoms with van der Waals surface area (Å²) in [6, 6.07) is 1.12. The number of likely N-dealkylation sites (N-methyl/N-ethyl adjacent to an activating group) is 1. The Morgan fingerprint density at radius 2 is 2.00 bits per heavy atom. The van der Waals surface area contributed by atoms with Crippen molar-refractivity contribution in [1.29, 1.82) is 0 Å². The molecular formula is C11H17ClFN3O4S. The lowest BCUT2D eigenvalue weighted by molar-refractivity contribution is -0.385. The number of nitrogens with two attached hydrogens (primary N) is 1. The third-order valence-corrected chi connectivity index (χ3v) is 5.08. The van der Waals surface area contributed by atoms with E-state index in [1.165, 1.54) is 14.0 Å². The van der Waals surface area contributed by atoms with Gasteiger partial charge in [0.15, 0.2) is 0 Å². The average molecular weight is 342 g/mol. The third-order valence-electron chi connectivity index (χ3n) is 3.13. The highest BCUT2D eigenvalue weighted by Crippen LogP contribution is 2.27. The molecule has 2 N–H and O–H groups in total. The van der Waals surface area contributed by atoms with Gasteiger partial charge in [-0.1, -0.05) is 0 Å². The van der Waals surface area contributed by atoms with E-state index in [9.17, 15) is 22.9 Å². The van der Waals surface area contributed by atoms with E-state index in [2.05, 4.69) is 0 Å². The van der Waals surface area contributed by atoms with Crippen LogP contribution in [0.25, 0.3) is 0 Å². The molecule has 0 bridgehead atoms. The van der Waals surface area contributed by atoms with Crippen molar-refractivity contribution in [2.45, 2.75) is 24.8 Å². The maximum absolute atomic E-state index is 13.7. The minimum atomic E-state index is -4.04. The fraction of sp³-hybridized carbons (Fsp3) is 0.455. The zero-order valence-electron chi connectivity index (χ0n) is 11.7. The normalized spacial score (nSPS) is 12.9. The molecule has 0 radical (unpaired) electrons. The Balaban J connectivity index is 0.00000400. The van der Waals surface area contributed by atoms with E-state index in [0.717, 1.165) is 16.4 Å². The van der Waals surface area contributed by atoms with Crippen LogP contribution in [-0.2, 0) is 10.0 Å². The molecule has 1 aromatic carbocycles. The molecule has 0 saturated carbocycles. The van der Waals surface area contributed by atoms with E-state index in [0.29, 0.717) is 0 Å². The number of sulfonamides is 1. The summed E-state index contributed by atoms with van der Waals surface area (Å²) in [5, 5.41) is 10.8. The molecule has 0 amide bonds. The van der Waals surface area contributed by atoms with Crippen molar-refractivity contribution >= 4 is 28.1 Å². The van der Waals surface area contributed by atoms with E-state index in [-0.39, 0.29) is 24.5 Å². The average Bonchev–Trinajstić information content (AvgIpc) is 2.39. The molecule has 0 heterocycles. The van der Waals surface area contributed by atoms with Crippen LogP contribution in [0.3, 0.4) is 0 Å². The summed E-state index contributed by atoms with van der Waals surface area (Å²) >= 11 is 0. The number of halogens is 2. The van der Waals surface area contributed by atoms with Gasteiger partial charge in [-0.15, -0.1) is 12.4 Å². The third kappa shape index (κ3) is 3.88. The number of nitro groups is 1. The molecule has 0 aliphatic rings. The smallest absolute Gasteiger partial charge is 0.276 e. The molecule has 1 atom stereocenters. The molecule has 0 saturated heterocycles. The van der Waals surface area contributed by atoms with Crippen molar-refractivity contribution in [3.63, 3.8) is 0 Å². The minimum Gasteiger partial charge on any atom is -0.329 e. The van der Waals surface area contributed by atoms with Gasteiger partial charge < -0.3 is 5.73 Å². The number of hydrogen-bond acceptors (Lipinski definition) is 5. The molecule has 7 nitrogen and oxygen atoms in total. The van der Waals surface area contributed by atoms with Crippen LogP contribution in [0, 0.1) is 22.9 Å². The summed E-state index contributed by atoms with van der Waals surface area (Å²) in [7, 11) is -2.75. The maximum Gasteiger partial charge on any atom is 0.276 e. The Labute approximate surface area is 128 Å². The fourth-order valence-electron chi connectivity index (χ4n) is 1.53. The van der Waals surface area contributed by atoms with Crippen molar-refractivity contribution in [3.05, 3.63) is 33.6 Å². The lowest BCUT2D eigenvalue weighted by Gasteiger charge is -2.23. The van der Waals surface area contributed by atoms with Crippen molar-refractivity contribution in [3.8, 4) is 0 Å². The predicted octanol–water partition coefficient (Wildman–Crippen LogP) is 1.43. The predicted molar refractivity (Wildman–Crippen MR) is 78.5 cm³/mol. The Bertz CT molecular complexity index is 639. The monoisotopic (exact) mass is 341 g/mol. The lowest BCUT2D eigenvalue weighted by Crippen LogP contribution is -2.39. The molecule has 0 aliphatic heterocycles. The highest BCUT2D eigenvalue weighted by atomic mass is 35.5. The maximum atomic E-state index is 13.7. The highest BCUT2D eigenvalue weighted by Gasteiger charge is 2.28. The molecule has 1 unspecified atom stereocenters. The van der Waals surface area contributed by atoms with Crippen LogP contribution in [-0.4, -0.2) is 37.3 Å². The Morgan fingerprint density at radius 3 is 2.43 bits per heavy atom. The Kier molecular flexibility index (Phi) is 6.68. The van der Waals surface area contributed by atoms with Crippen molar-refractivity contribution in [2.75, 3.05) is 13.6 Å². The van der Waals surface area contributed by atoms with E-state index in [4.69, 9.17) is 5.73 Å². The van der Waals surface area contributed by atoms with Crippen LogP contribution in [0.1, 0.15) is 12.5 Å². The lowest BCUT2D eigenvalue weighted by atomic mass is 10.2. The number of nitrogens with zero attached hydrogens (tertiary/aromatic N) is 2. The summed E-state index contributed by atoms with van der Waals surface area (Å²) in [6.07, 6.45) is 0. The van der Waals surface area contributed by atoms with Crippen molar-refractivity contribution < 1.29 is 17.7 Å². The minimum absolute atomic E-state index is 0. The van der Waals surface area contributed by atoms with Crippen LogP contribution >= 0.6 is 12.4 Å². The first-order valence-electron chi connectivity index (χ1n) is 5.75. The topological polar surface area (TPSA) is 107 Å². The fourth-order valence-corrected chi connectivity index (χ4v) is 2.94. The Hall–Kier alpha value is -1.29. The van der Waals surface area contributed by atoms with Gasteiger partial charge in [0.2, 0.25) is 10.0 Å². The summed E-state index contributed by atoms with van der Waals surface area (Å²) in [5.41, 5.74) is 4.61. The summed E-state index contributed by atoms with van der Waals surface area (Å²) in [5.74, 6) is -0.938. The second-order valence-electron chi connectivity index (χ2n) is 4.41. The van der Waals surface area contributed by atoms with Crippen LogP contribution in [0.2, 0.25) is 0 Å². The van der Waals surface area contributed by atoms with Gasteiger partial charge in [-0.2, -0.15) is 4.31 Å². The van der Waals surface area contributed by atoms with Gasteiger partial charge in [-0.25, -0.2) is 12.8 Å². The van der Waals surface area contributed by atoms with E-state index < -0.39 is 37.4 Å². The number of nitro benzene ring substituents is 1. The number of benzene rings is 1. The quantitative estimate of drug-likeness (QED) is 0.644. The second kappa shape index (κ2) is 7.12. The summed E-state index contributed by atoms with van der Waals surface area (Å²) in [4.78, 5) is 9.54. The van der Waals surface area contributed by atoms with Crippen LogP contribution in [0.15, 0.2) is 17.0 Å². The van der Waals surface area contributed by atoms with E-state index in [1.807, 2.05) is 0 Å². The molecule has 0 spiro atoms. The molecule has 21 heavy (non-hydrogen) atoms. The molecule has 0 aliphatic carbocycles. The molecule has 1 aromatic rings. The first kappa shape index (κ1) is 19.7. The largest absolute Gasteiger partial charge is 0.329 e. The van der Waals surface area contributed by atoms with Gasteiger partial charge in [-0.05, 0) is 19.9 Å². The van der Waals surface area contributed by atoms with Crippen molar-refractivity contribution in [1.82, 2.24) is 4.31 Å². The molecule has 0 fully saturated rings. The van der Waals surface area contributed by atoms with Crippen LogP contribution in [0.5, 0.6) is 0 Å². The molecule has 120 valence electrons. The van der Waals surface area contributed by atoms with Gasteiger partial charge in [0.1, 0.15) is 5.82 Å². The molecule has 1 rings (SSSR count). The Morgan fingerprint density at radius 1 is 1.48 bits per heavy atom. The second-order valence-corrected chi connectivity index (χ2v) is 6.41.